The van der Waals surface area contributed by atoms with Crippen LogP contribution in [0.15, 0.2) is 12.3 Å². The molecule has 0 aliphatic carbocycles. The average Bonchev–Trinajstić information content (AvgIpc) is 2.88. The Balaban J connectivity index is 1.92. The number of aromatic nitrogens is 1. The molecule has 0 amide bonds. The third-order valence-electron chi connectivity index (χ3n) is 3.56. The number of carboxylic acid groups (broad SMARTS) is 1. The van der Waals surface area contributed by atoms with Crippen LogP contribution in [0.3, 0.4) is 0 Å². The van der Waals surface area contributed by atoms with Crippen molar-refractivity contribution < 1.29 is 14.3 Å². The van der Waals surface area contributed by atoms with Gasteiger partial charge in [-0.25, -0.2) is 4.39 Å². The van der Waals surface area contributed by atoms with E-state index in [1.807, 2.05) is 11.8 Å². The predicted molar refractivity (Wildman–Crippen MR) is 77.2 cm³/mol. The number of carbonyl (C=O) groups is 1. The second-order valence-electron chi connectivity index (χ2n) is 5.15. The Bertz CT molecular complexity index is 478. The summed E-state index contributed by atoms with van der Waals surface area (Å²) in [5.41, 5.74) is 1.43. The van der Waals surface area contributed by atoms with E-state index < -0.39 is 12.0 Å². The minimum Gasteiger partial charge on any atom is -0.480 e. The molecule has 110 valence electrons. The van der Waals surface area contributed by atoms with E-state index in [0.717, 1.165) is 29.7 Å². The predicted octanol–water partition coefficient (Wildman–Crippen LogP) is 2.22. The van der Waals surface area contributed by atoms with Crippen LogP contribution in [0.4, 0.5) is 4.39 Å². The van der Waals surface area contributed by atoms with Gasteiger partial charge < -0.3 is 5.11 Å². The van der Waals surface area contributed by atoms with Crippen molar-refractivity contribution >= 4 is 17.7 Å². The molecule has 6 heteroatoms. The lowest BCUT2D eigenvalue weighted by Gasteiger charge is -2.18. The number of thioether (sulfide) groups is 1. The minimum absolute atomic E-state index is 0.350. The molecule has 1 aromatic rings. The van der Waals surface area contributed by atoms with Crippen LogP contribution in [0.2, 0.25) is 0 Å². The van der Waals surface area contributed by atoms with Gasteiger partial charge in [0.2, 0.25) is 0 Å². The van der Waals surface area contributed by atoms with Crippen molar-refractivity contribution in [1.82, 2.24) is 10.3 Å². The summed E-state index contributed by atoms with van der Waals surface area (Å²) in [6, 6.07) is 0.845. The molecule has 2 rings (SSSR count). The third kappa shape index (κ3) is 4.18. The molecule has 0 bridgehead atoms. The number of pyridine rings is 1. The zero-order valence-electron chi connectivity index (χ0n) is 11.4. The largest absolute Gasteiger partial charge is 0.480 e. The Labute approximate surface area is 122 Å². The number of aliphatic carboxylic acids is 1. The highest BCUT2D eigenvalue weighted by Gasteiger charge is 2.24. The number of nitrogens with one attached hydrogen (secondary N) is 1. The molecule has 0 aromatic carbocycles. The van der Waals surface area contributed by atoms with Crippen LogP contribution in [0.25, 0.3) is 0 Å². The van der Waals surface area contributed by atoms with Gasteiger partial charge in [-0.1, -0.05) is 0 Å². The van der Waals surface area contributed by atoms with Gasteiger partial charge in [-0.2, -0.15) is 11.8 Å². The van der Waals surface area contributed by atoms with E-state index in [-0.39, 0.29) is 5.82 Å². The summed E-state index contributed by atoms with van der Waals surface area (Å²) in [6.45, 7) is 2.12. The zero-order chi connectivity index (χ0) is 14.5. The highest BCUT2D eigenvalue weighted by atomic mass is 32.2. The van der Waals surface area contributed by atoms with Gasteiger partial charge in [-0.15, -0.1) is 0 Å². The quantitative estimate of drug-likeness (QED) is 0.843. The number of nitrogens with zero attached hydrogens (tertiary/aromatic N) is 1. The Hall–Kier alpha value is -1.14. The van der Waals surface area contributed by atoms with Crippen molar-refractivity contribution in [2.75, 3.05) is 11.5 Å². The summed E-state index contributed by atoms with van der Waals surface area (Å²) in [5, 5.41) is 12.3. The Morgan fingerprint density at radius 3 is 3.10 bits per heavy atom. The first-order valence-electron chi connectivity index (χ1n) is 6.71. The minimum atomic E-state index is -0.832. The SMILES string of the molecule is Cc1cc(F)cnc1CNC(CC1CCSC1)C(=O)O. The van der Waals surface area contributed by atoms with Gasteiger partial charge >= 0.3 is 5.97 Å². The molecule has 1 fully saturated rings. The number of hydrogen-bond donors (Lipinski definition) is 2. The highest BCUT2D eigenvalue weighted by Crippen LogP contribution is 2.27. The lowest BCUT2D eigenvalue weighted by Crippen LogP contribution is -2.38. The van der Waals surface area contributed by atoms with E-state index in [1.54, 1.807) is 6.92 Å². The van der Waals surface area contributed by atoms with Crippen LogP contribution in [0.1, 0.15) is 24.1 Å². The van der Waals surface area contributed by atoms with Gasteiger partial charge in [0.05, 0.1) is 11.9 Å². The summed E-state index contributed by atoms with van der Waals surface area (Å²) in [7, 11) is 0. The molecule has 1 aromatic heterocycles. The van der Waals surface area contributed by atoms with Gasteiger partial charge in [-0.3, -0.25) is 15.1 Å². The van der Waals surface area contributed by atoms with Crippen LogP contribution < -0.4 is 5.32 Å². The number of rotatable bonds is 6. The summed E-state index contributed by atoms with van der Waals surface area (Å²) in [4.78, 5) is 15.3. The lowest BCUT2D eigenvalue weighted by molar-refractivity contribution is -0.140. The van der Waals surface area contributed by atoms with Crippen molar-refractivity contribution in [3.05, 3.63) is 29.3 Å². The van der Waals surface area contributed by atoms with Crippen LogP contribution in [0.5, 0.6) is 0 Å². The molecule has 2 unspecified atom stereocenters. The maximum Gasteiger partial charge on any atom is 0.320 e. The zero-order valence-corrected chi connectivity index (χ0v) is 12.3. The fraction of sp³-hybridized carbons (Fsp3) is 0.571. The first-order chi connectivity index (χ1) is 9.56. The topological polar surface area (TPSA) is 62.2 Å². The Morgan fingerprint density at radius 1 is 1.70 bits per heavy atom. The van der Waals surface area contributed by atoms with Gasteiger partial charge in [0, 0.05) is 6.54 Å². The normalized spacial score (nSPS) is 20.0. The summed E-state index contributed by atoms with van der Waals surface area (Å²) in [6.07, 6.45) is 2.89. The smallest absolute Gasteiger partial charge is 0.320 e. The van der Waals surface area contributed by atoms with Crippen LogP contribution >= 0.6 is 11.8 Å². The van der Waals surface area contributed by atoms with E-state index in [2.05, 4.69) is 10.3 Å². The highest BCUT2D eigenvalue weighted by molar-refractivity contribution is 7.99. The molecule has 0 saturated carbocycles. The van der Waals surface area contributed by atoms with E-state index in [9.17, 15) is 14.3 Å². The van der Waals surface area contributed by atoms with E-state index in [0.29, 0.717) is 24.6 Å². The monoisotopic (exact) mass is 298 g/mol. The first kappa shape index (κ1) is 15.3. The van der Waals surface area contributed by atoms with Crippen LogP contribution in [-0.4, -0.2) is 33.6 Å². The maximum atomic E-state index is 13.0. The van der Waals surface area contributed by atoms with Crippen molar-refractivity contribution in [2.45, 2.75) is 32.4 Å². The molecular formula is C14H19FN2O2S. The fourth-order valence-electron chi connectivity index (χ4n) is 2.35. The number of hydrogen-bond acceptors (Lipinski definition) is 4. The van der Waals surface area contributed by atoms with E-state index in [4.69, 9.17) is 0 Å². The second kappa shape index (κ2) is 7.04. The average molecular weight is 298 g/mol. The van der Waals surface area contributed by atoms with Gasteiger partial charge in [0.15, 0.2) is 0 Å². The van der Waals surface area contributed by atoms with Crippen LogP contribution in [0, 0.1) is 18.7 Å². The van der Waals surface area contributed by atoms with E-state index >= 15 is 0 Å². The van der Waals surface area contributed by atoms with Gasteiger partial charge in [-0.05, 0) is 48.8 Å². The van der Waals surface area contributed by atoms with Crippen molar-refractivity contribution in [1.29, 1.82) is 0 Å². The number of halogens is 1. The maximum absolute atomic E-state index is 13.0. The Morgan fingerprint density at radius 2 is 2.50 bits per heavy atom. The summed E-state index contributed by atoms with van der Waals surface area (Å²) in [5.74, 6) is 1.43. The van der Waals surface area contributed by atoms with Crippen LogP contribution in [-0.2, 0) is 11.3 Å². The van der Waals surface area contributed by atoms with Crippen molar-refractivity contribution in [2.24, 2.45) is 5.92 Å². The van der Waals surface area contributed by atoms with Crippen molar-refractivity contribution in [3.8, 4) is 0 Å². The second-order valence-corrected chi connectivity index (χ2v) is 6.30. The van der Waals surface area contributed by atoms with Gasteiger partial charge in [0.1, 0.15) is 11.9 Å². The standard InChI is InChI=1S/C14H19FN2O2S/c1-9-4-11(15)6-16-13(9)7-17-12(14(18)19)5-10-2-3-20-8-10/h4,6,10,12,17H,2-3,5,7-8H2,1H3,(H,18,19). The summed E-state index contributed by atoms with van der Waals surface area (Å²) >= 11 is 1.88. The molecule has 4 nitrogen and oxygen atoms in total. The molecule has 2 heterocycles. The van der Waals surface area contributed by atoms with E-state index in [1.165, 1.54) is 6.07 Å². The molecule has 2 N–H and O–H groups in total. The molecule has 1 aliphatic heterocycles. The molecule has 20 heavy (non-hydrogen) atoms. The first-order valence-corrected chi connectivity index (χ1v) is 7.86. The molecule has 2 atom stereocenters. The third-order valence-corrected chi connectivity index (χ3v) is 4.79. The molecule has 0 radical (unpaired) electrons. The molecule has 1 aliphatic rings. The summed E-state index contributed by atoms with van der Waals surface area (Å²) < 4.78 is 13.0. The van der Waals surface area contributed by atoms with Gasteiger partial charge in [0.25, 0.3) is 0 Å². The number of aryl methyl sites for hydroxylation is 1. The Kier molecular flexibility index (Phi) is 5.37. The lowest BCUT2D eigenvalue weighted by atomic mass is 9.99. The molecular weight excluding hydrogens is 279 g/mol. The van der Waals surface area contributed by atoms with Crippen molar-refractivity contribution in [3.63, 3.8) is 0 Å². The fourth-order valence-corrected chi connectivity index (χ4v) is 3.65. The number of carboxylic acids is 1. The molecule has 1 saturated heterocycles. The molecule has 0 spiro atoms.